The third-order valence-corrected chi connectivity index (χ3v) is 2.96. The Hall–Kier alpha value is -1.02. The lowest BCUT2D eigenvalue weighted by Crippen LogP contribution is -2.22. The van der Waals surface area contributed by atoms with Crippen LogP contribution >= 0.6 is 0 Å². The predicted octanol–water partition coefficient (Wildman–Crippen LogP) is 3.61. The lowest BCUT2D eigenvalue weighted by molar-refractivity contribution is 0.324. The van der Waals surface area contributed by atoms with Crippen molar-refractivity contribution >= 4 is 5.69 Å². The van der Waals surface area contributed by atoms with Crippen molar-refractivity contribution in [3.8, 4) is 0 Å². The van der Waals surface area contributed by atoms with Crippen LogP contribution in [0.15, 0.2) is 30.3 Å². The summed E-state index contributed by atoms with van der Waals surface area (Å²) in [5, 5.41) is 3.44. The van der Waals surface area contributed by atoms with Crippen molar-refractivity contribution < 1.29 is 0 Å². The molecule has 1 aromatic rings. The normalized spacial score (nSPS) is 10.8. The predicted molar refractivity (Wildman–Crippen MR) is 76.6 cm³/mol. The van der Waals surface area contributed by atoms with E-state index in [1.54, 1.807) is 0 Å². The van der Waals surface area contributed by atoms with Crippen molar-refractivity contribution in [2.45, 2.75) is 32.6 Å². The Morgan fingerprint density at radius 2 is 1.71 bits per heavy atom. The van der Waals surface area contributed by atoms with Gasteiger partial charge in [0.05, 0.1) is 0 Å². The summed E-state index contributed by atoms with van der Waals surface area (Å²) in [7, 11) is 2.22. The third kappa shape index (κ3) is 7.01. The van der Waals surface area contributed by atoms with E-state index in [2.05, 4.69) is 48.5 Å². The summed E-state index contributed by atoms with van der Waals surface area (Å²) >= 11 is 0. The molecule has 0 saturated heterocycles. The van der Waals surface area contributed by atoms with Crippen molar-refractivity contribution in [3.63, 3.8) is 0 Å². The molecule has 17 heavy (non-hydrogen) atoms. The minimum atomic E-state index is 1.06. The van der Waals surface area contributed by atoms with Gasteiger partial charge < -0.3 is 10.2 Å². The summed E-state index contributed by atoms with van der Waals surface area (Å²) in [6.45, 7) is 5.73. The van der Waals surface area contributed by atoms with Crippen molar-refractivity contribution in [3.05, 3.63) is 30.3 Å². The Morgan fingerprint density at radius 1 is 1.00 bits per heavy atom. The van der Waals surface area contributed by atoms with Gasteiger partial charge in [0.15, 0.2) is 0 Å². The minimum absolute atomic E-state index is 1.06. The van der Waals surface area contributed by atoms with Gasteiger partial charge in [-0.15, -0.1) is 0 Å². The van der Waals surface area contributed by atoms with Gasteiger partial charge in [-0.2, -0.15) is 0 Å². The van der Waals surface area contributed by atoms with E-state index in [-0.39, 0.29) is 0 Å². The molecular formula is C15H26N2. The van der Waals surface area contributed by atoms with Crippen LogP contribution in [0.5, 0.6) is 0 Å². The number of benzene rings is 1. The summed E-state index contributed by atoms with van der Waals surface area (Å²) in [6, 6.07) is 10.4. The number of nitrogens with one attached hydrogen (secondary N) is 1. The quantitative estimate of drug-likeness (QED) is 0.657. The van der Waals surface area contributed by atoms with E-state index >= 15 is 0 Å². The van der Waals surface area contributed by atoms with Crippen LogP contribution in [0.25, 0.3) is 0 Å². The molecule has 0 aliphatic rings. The molecule has 0 aliphatic carbocycles. The zero-order chi connectivity index (χ0) is 12.3. The van der Waals surface area contributed by atoms with E-state index in [9.17, 15) is 0 Å². The number of unbranched alkanes of at least 4 members (excludes halogenated alkanes) is 2. The first-order valence-electron chi connectivity index (χ1n) is 6.80. The number of hydrogen-bond donors (Lipinski definition) is 1. The maximum atomic E-state index is 3.44. The summed E-state index contributed by atoms with van der Waals surface area (Å²) < 4.78 is 0. The molecule has 0 aliphatic heterocycles. The maximum absolute atomic E-state index is 3.44. The van der Waals surface area contributed by atoms with Gasteiger partial charge in [0.1, 0.15) is 0 Å². The molecule has 0 unspecified atom stereocenters. The number of nitrogens with zero attached hydrogens (tertiary/aromatic N) is 1. The second-order valence-corrected chi connectivity index (χ2v) is 4.66. The molecule has 0 amide bonds. The minimum Gasteiger partial charge on any atom is -0.385 e. The Morgan fingerprint density at radius 3 is 2.41 bits per heavy atom. The standard InChI is InChI=1S/C15H26N2/c1-3-4-8-13-17(2)14-9-12-16-15-10-6-5-7-11-15/h5-7,10-11,16H,3-4,8-9,12-14H2,1-2H3. The first-order valence-corrected chi connectivity index (χ1v) is 6.80. The average molecular weight is 234 g/mol. The summed E-state index contributed by atoms with van der Waals surface area (Å²) in [6.07, 6.45) is 5.20. The topological polar surface area (TPSA) is 15.3 Å². The second kappa shape index (κ2) is 9.06. The molecule has 96 valence electrons. The molecule has 2 heteroatoms. The Labute approximate surface area is 106 Å². The molecule has 2 nitrogen and oxygen atoms in total. The average Bonchev–Trinajstić information content (AvgIpc) is 2.36. The first-order chi connectivity index (χ1) is 8.33. The molecule has 1 rings (SSSR count). The van der Waals surface area contributed by atoms with Gasteiger partial charge >= 0.3 is 0 Å². The molecule has 0 spiro atoms. The van der Waals surface area contributed by atoms with E-state index in [0.717, 1.165) is 6.54 Å². The smallest absolute Gasteiger partial charge is 0.0340 e. The van der Waals surface area contributed by atoms with E-state index in [1.807, 2.05) is 6.07 Å². The highest BCUT2D eigenvalue weighted by Crippen LogP contribution is 2.04. The highest BCUT2D eigenvalue weighted by Gasteiger charge is 1.97. The fraction of sp³-hybridized carbons (Fsp3) is 0.600. The van der Waals surface area contributed by atoms with Gasteiger partial charge in [0.2, 0.25) is 0 Å². The lowest BCUT2D eigenvalue weighted by atomic mass is 10.2. The Kier molecular flexibility index (Phi) is 7.48. The molecule has 0 radical (unpaired) electrons. The van der Waals surface area contributed by atoms with Crippen LogP contribution in [0.4, 0.5) is 5.69 Å². The molecule has 0 bridgehead atoms. The number of rotatable bonds is 9. The lowest BCUT2D eigenvalue weighted by Gasteiger charge is -2.16. The van der Waals surface area contributed by atoms with Crippen LogP contribution in [0.3, 0.4) is 0 Å². The van der Waals surface area contributed by atoms with Crippen molar-refractivity contribution in [1.29, 1.82) is 0 Å². The van der Waals surface area contributed by atoms with Crippen LogP contribution in [-0.4, -0.2) is 31.6 Å². The second-order valence-electron chi connectivity index (χ2n) is 4.66. The van der Waals surface area contributed by atoms with Gasteiger partial charge in [-0.3, -0.25) is 0 Å². The fourth-order valence-corrected chi connectivity index (χ4v) is 1.88. The zero-order valence-corrected chi connectivity index (χ0v) is 11.3. The van der Waals surface area contributed by atoms with Crippen molar-refractivity contribution in [2.24, 2.45) is 0 Å². The van der Waals surface area contributed by atoms with E-state index in [0.29, 0.717) is 0 Å². The van der Waals surface area contributed by atoms with Crippen LogP contribution in [0.2, 0.25) is 0 Å². The Balaban J connectivity index is 2.00. The van der Waals surface area contributed by atoms with Crippen molar-refractivity contribution in [2.75, 3.05) is 32.0 Å². The molecule has 0 heterocycles. The van der Waals surface area contributed by atoms with E-state index in [4.69, 9.17) is 0 Å². The molecule has 0 saturated carbocycles. The number of hydrogen-bond acceptors (Lipinski definition) is 2. The maximum Gasteiger partial charge on any atom is 0.0340 e. The molecular weight excluding hydrogens is 208 g/mol. The SMILES string of the molecule is CCCCCN(C)CCCNc1ccccc1. The van der Waals surface area contributed by atoms with Crippen LogP contribution < -0.4 is 5.32 Å². The molecule has 1 N–H and O–H groups in total. The largest absolute Gasteiger partial charge is 0.385 e. The summed E-state index contributed by atoms with van der Waals surface area (Å²) in [4.78, 5) is 2.43. The zero-order valence-electron chi connectivity index (χ0n) is 11.3. The van der Waals surface area contributed by atoms with Crippen molar-refractivity contribution in [1.82, 2.24) is 4.90 Å². The molecule has 0 fully saturated rings. The van der Waals surface area contributed by atoms with Crippen LogP contribution in [0, 0.1) is 0 Å². The van der Waals surface area contributed by atoms with Gasteiger partial charge in [-0.25, -0.2) is 0 Å². The number of para-hydroxylation sites is 1. The monoisotopic (exact) mass is 234 g/mol. The summed E-state index contributed by atoms with van der Waals surface area (Å²) in [5.41, 5.74) is 1.22. The fourth-order valence-electron chi connectivity index (χ4n) is 1.88. The first kappa shape index (κ1) is 14.0. The van der Waals surface area contributed by atoms with Gasteiger partial charge in [0.25, 0.3) is 0 Å². The Bertz CT molecular complexity index is 272. The summed E-state index contributed by atoms with van der Waals surface area (Å²) in [5.74, 6) is 0. The van der Waals surface area contributed by atoms with E-state index < -0.39 is 0 Å². The molecule has 1 aromatic carbocycles. The van der Waals surface area contributed by atoms with Gasteiger partial charge in [-0.1, -0.05) is 38.0 Å². The highest BCUT2D eigenvalue weighted by molar-refractivity contribution is 5.42. The molecule has 0 aromatic heterocycles. The van der Waals surface area contributed by atoms with E-state index in [1.165, 1.54) is 44.5 Å². The number of anilines is 1. The third-order valence-electron chi connectivity index (χ3n) is 2.96. The van der Waals surface area contributed by atoms with Crippen LogP contribution in [0.1, 0.15) is 32.6 Å². The van der Waals surface area contributed by atoms with Gasteiger partial charge in [-0.05, 0) is 45.1 Å². The van der Waals surface area contributed by atoms with Gasteiger partial charge in [0, 0.05) is 12.2 Å². The van der Waals surface area contributed by atoms with Crippen LogP contribution in [-0.2, 0) is 0 Å². The molecule has 0 atom stereocenters. The highest BCUT2D eigenvalue weighted by atomic mass is 15.1.